The molecule has 1 aliphatic rings. The third kappa shape index (κ3) is 2.81. The molecule has 1 aromatic carbocycles. The normalized spacial score (nSPS) is 16.5. The van der Waals surface area contributed by atoms with Gasteiger partial charge in [-0.15, -0.1) is 0 Å². The van der Waals surface area contributed by atoms with Gasteiger partial charge < -0.3 is 10.3 Å². The number of hydrogen-bond acceptors (Lipinski definition) is 2. The second-order valence-electron chi connectivity index (χ2n) is 5.66. The zero-order valence-corrected chi connectivity index (χ0v) is 11.7. The minimum atomic E-state index is 0.667. The van der Waals surface area contributed by atoms with Gasteiger partial charge in [0.25, 0.3) is 0 Å². The zero-order valence-electron chi connectivity index (χ0n) is 11.7. The second kappa shape index (κ2) is 5.74. The van der Waals surface area contributed by atoms with Crippen LogP contribution in [0.3, 0.4) is 0 Å². The number of aromatic nitrogens is 2. The Hall–Kier alpha value is -1.35. The lowest BCUT2D eigenvalue weighted by Gasteiger charge is -2.02. The molecule has 1 fully saturated rings. The van der Waals surface area contributed by atoms with Gasteiger partial charge in [0.15, 0.2) is 0 Å². The van der Waals surface area contributed by atoms with Crippen LogP contribution in [-0.4, -0.2) is 23.6 Å². The van der Waals surface area contributed by atoms with E-state index in [-0.39, 0.29) is 0 Å². The molecule has 3 rings (SSSR count). The third-order valence-corrected chi connectivity index (χ3v) is 4.20. The van der Waals surface area contributed by atoms with Gasteiger partial charge in [0.05, 0.1) is 11.0 Å². The summed E-state index contributed by atoms with van der Waals surface area (Å²) >= 11 is 0. The number of nitrogens with one attached hydrogen (secondary N) is 2. The quantitative estimate of drug-likeness (QED) is 0.806. The number of fused-ring (bicyclic) bond motifs is 1. The maximum Gasteiger partial charge on any atom is 0.110 e. The molecular formula is C16H23N3. The van der Waals surface area contributed by atoms with Gasteiger partial charge in [0, 0.05) is 5.92 Å². The molecule has 102 valence electrons. The molecule has 0 spiro atoms. The molecule has 1 heterocycles. The lowest BCUT2D eigenvalue weighted by atomic mass is 10.1. The Kier molecular flexibility index (Phi) is 3.83. The summed E-state index contributed by atoms with van der Waals surface area (Å²) in [7, 11) is 2.01. The molecule has 0 amide bonds. The van der Waals surface area contributed by atoms with Crippen molar-refractivity contribution in [2.45, 2.75) is 44.4 Å². The first kappa shape index (κ1) is 12.7. The molecule has 0 radical (unpaired) electrons. The average Bonchev–Trinajstić information content (AvgIpc) is 3.07. The Labute approximate surface area is 114 Å². The second-order valence-corrected chi connectivity index (χ2v) is 5.66. The van der Waals surface area contributed by atoms with Crippen molar-refractivity contribution in [2.24, 2.45) is 0 Å². The van der Waals surface area contributed by atoms with Gasteiger partial charge >= 0.3 is 0 Å². The van der Waals surface area contributed by atoms with Gasteiger partial charge in [0.1, 0.15) is 5.82 Å². The molecule has 1 aliphatic carbocycles. The highest BCUT2D eigenvalue weighted by atomic mass is 14.9. The Balaban J connectivity index is 1.78. The Morgan fingerprint density at radius 2 is 2.16 bits per heavy atom. The highest BCUT2D eigenvalue weighted by Crippen LogP contribution is 2.33. The van der Waals surface area contributed by atoms with Gasteiger partial charge in [-0.05, 0) is 57.0 Å². The number of H-pyrrole nitrogens is 1. The van der Waals surface area contributed by atoms with Crippen molar-refractivity contribution in [3.63, 3.8) is 0 Å². The van der Waals surface area contributed by atoms with E-state index < -0.39 is 0 Å². The molecular weight excluding hydrogens is 234 g/mol. The number of nitrogens with zero attached hydrogens (tertiary/aromatic N) is 1. The van der Waals surface area contributed by atoms with E-state index in [1.807, 2.05) is 7.05 Å². The summed E-state index contributed by atoms with van der Waals surface area (Å²) in [5, 5.41) is 3.20. The van der Waals surface area contributed by atoms with Gasteiger partial charge in [-0.1, -0.05) is 18.9 Å². The average molecular weight is 257 g/mol. The van der Waals surface area contributed by atoms with Crippen molar-refractivity contribution >= 4 is 11.0 Å². The monoisotopic (exact) mass is 257 g/mol. The van der Waals surface area contributed by atoms with E-state index in [9.17, 15) is 0 Å². The lowest BCUT2D eigenvalue weighted by Crippen LogP contribution is -2.08. The topological polar surface area (TPSA) is 40.7 Å². The van der Waals surface area contributed by atoms with Crippen molar-refractivity contribution in [1.82, 2.24) is 15.3 Å². The van der Waals surface area contributed by atoms with Gasteiger partial charge in [-0.2, -0.15) is 0 Å². The number of hydrogen-bond donors (Lipinski definition) is 2. The number of aromatic amines is 1. The summed E-state index contributed by atoms with van der Waals surface area (Å²) in [4.78, 5) is 8.31. The van der Waals surface area contributed by atoms with Crippen LogP contribution in [0.25, 0.3) is 11.0 Å². The fraction of sp³-hybridized carbons (Fsp3) is 0.562. The first-order valence-electron chi connectivity index (χ1n) is 7.50. The number of rotatable bonds is 5. The van der Waals surface area contributed by atoms with E-state index in [1.165, 1.54) is 49.0 Å². The fourth-order valence-electron chi connectivity index (χ4n) is 3.09. The lowest BCUT2D eigenvalue weighted by molar-refractivity contribution is 0.681. The molecule has 0 unspecified atom stereocenters. The van der Waals surface area contributed by atoms with Crippen molar-refractivity contribution in [3.05, 3.63) is 29.6 Å². The SMILES string of the molecule is CNCCCc1ccc2nc(C3CCCC3)[nH]c2c1. The van der Waals surface area contributed by atoms with Crippen LogP contribution in [0.5, 0.6) is 0 Å². The highest BCUT2D eigenvalue weighted by molar-refractivity contribution is 5.76. The summed E-state index contributed by atoms with van der Waals surface area (Å²) in [6, 6.07) is 6.66. The van der Waals surface area contributed by atoms with Crippen LogP contribution in [0.1, 0.15) is 49.4 Å². The van der Waals surface area contributed by atoms with Crippen molar-refractivity contribution in [1.29, 1.82) is 0 Å². The van der Waals surface area contributed by atoms with Crippen LogP contribution < -0.4 is 5.32 Å². The molecule has 3 heteroatoms. The van der Waals surface area contributed by atoms with E-state index in [0.717, 1.165) is 18.5 Å². The number of aryl methyl sites for hydroxylation is 1. The Morgan fingerprint density at radius 3 is 2.95 bits per heavy atom. The Bertz CT molecular complexity index is 538. The van der Waals surface area contributed by atoms with Gasteiger partial charge in [-0.3, -0.25) is 0 Å². The summed E-state index contributed by atoms with van der Waals surface area (Å²) < 4.78 is 0. The van der Waals surface area contributed by atoms with Crippen molar-refractivity contribution in [3.8, 4) is 0 Å². The molecule has 1 aromatic heterocycles. The smallest absolute Gasteiger partial charge is 0.110 e. The first-order valence-corrected chi connectivity index (χ1v) is 7.50. The van der Waals surface area contributed by atoms with Crippen molar-refractivity contribution < 1.29 is 0 Å². The summed E-state index contributed by atoms with van der Waals surface area (Å²) in [6.45, 7) is 1.08. The molecule has 19 heavy (non-hydrogen) atoms. The van der Waals surface area contributed by atoms with E-state index in [1.54, 1.807) is 0 Å². The maximum absolute atomic E-state index is 4.76. The minimum absolute atomic E-state index is 0.667. The largest absolute Gasteiger partial charge is 0.342 e. The zero-order chi connectivity index (χ0) is 13.1. The molecule has 0 saturated heterocycles. The van der Waals surface area contributed by atoms with Crippen LogP contribution in [0.15, 0.2) is 18.2 Å². The number of imidazole rings is 1. The van der Waals surface area contributed by atoms with Crippen LogP contribution in [0.2, 0.25) is 0 Å². The van der Waals surface area contributed by atoms with Gasteiger partial charge in [-0.25, -0.2) is 4.98 Å². The molecule has 2 N–H and O–H groups in total. The van der Waals surface area contributed by atoms with E-state index in [2.05, 4.69) is 28.5 Å². The third-order valence-electron chi connectivity index (χ3n) is 4.20. The predicted octanol–water partition coefficient (Wildman–Crippen LogP) is 3.37. The van der Waals surface area contributed by atoms with Crippen LogP contribution in [0.4, 0.5) is 0 Å². The molecule has 1 saturated carbocycles. The maximum atomic E-state index is 4.76. The molecule has 0 aliphatic heterocycles. The highest BCUT2D eigenvalue weighted by Gasteiger charge is 2.20. The van der Waals surface area contributed by atoms with Crippen LogP contribution in [0, 0.1) is 0 Å². The Morgan fingerprint density at radius 1 is 1.32 bits per heavy atom. The van der Waals surface area contributed by atoms with E-state index in [4.69, 9.17) is 4.98 Å². The summed E-state index contributed by atoms with van der Waals surface area (Å²) in [5.41, 5.74) is 3.74. The minimum Gasteiger partial charge on any atom is -0.342 e. The summed E-state index contributed by atoms with van der Waals surface area (Å²) in [5.74, 6) is 1.88. The first-order chi connectivity index (χ1) is 9.36. The number of benzene rings is 1. The van der Waals surface area contributed by atoms with Crippen LogP contribution >= 0.6 is 0 Å². The molecule has 0 atom stereocenters. The van der Waals surface area contributed by atoms with E-state index in [0.29, 0.717) is 5.92 Å². The predicted molar refractivity (Wildman–Crippen MR) is 79.6 cm³/mol. The molecule has 0 bridgehead atoms. The molecule has 2 aromatic rings. The van der Waals surface area contributed by atoms with Gasteiger partial charge in [0.2, 0.25) is 0 Å². The van der Waals surface area contributed by atoms with Crippen LogP contribution in [-0.2, 0) is 6.42 Å². The standard InChI is InChI=1S/C16H23N3/c1-17-10-4-5-12-8-9-14-15(11-12)19-16(18-14)13-6-2-3-7-13/h8-9,11,13,17H,2-7,10H2,1H3,(H,18,19). The molecule has 3 nitrogen and oxygen atoms in total. The van der Waals surface area contributed by atoms with Crippen molar-refractivity contribution in [2.75, 3.05) is 13.6 Å². The van der Waals surface area contributed by atoms with E-state index >= 15 is 0 Å². The summed E-state index contributed by atoms with van der Waals surface area (Å²) in [6.07, 6.45) is 7.64. The fourth-order valence-corrected chi connectivity index (χ4v) is 3.09.